The summed E-state index contributed by atoms with van der Waals surface area (Å²) >= 11 is 1.28. The van der Waals surface area contributed by atoms with Gasteiger partial charge in [0.05, 0.1) is 0 Å². The molecule has 3 N–H and O–H groups in total. The van der Waals surface area contributed by atoms with Gasteiger partial charge in [-0.05, 0) is 30.1 Å². The van der Waals surface area contributed by atoms with Gasteiger partial charge in [-0.25, -0.2) is 5.43 Å². The summed E-state index contributed by atoms with van der Waals surface area (Å²) in [5, 5.41) is 19.9. The maximum absolute atomic E-state index is 12.7. The topological polar surface area (TPSA) is 122 Å². The van der Waals surface area contributed by atoms with Crippen molar-refractivity contribution in [2.75, 3.05) is 5.32 Å². The maximum Gasteiger partial charge on any atom is 0.243 e. The van der Waals surface area contributed by atoms with Crippen LogP contribution in [0.1, 0.15) is 19.3 Å². The van der Waals surface area contributed by atoms with Crippen LogP contribution in [0, 0.1) is 16.0 Å². The van der Waals surface area contributed by atoms with Crippen LogP contribution < -0.4 is 16.2 Å². The lowest BCUT2D eigenvalue weighted by Gasteiger charge is -2.28. The van der Waals surface area contributed by atoms with Gasteiger partial charge in [0.1, 0.15) is 11.7 Å². The number of fused-ring (bicyclic) bond motifs is 1. The highest BCUT2D eigenvalue weighted by Crippen LogP contribution is 2.32. The number of hydrogen-bond acceptors (Lipinski definition) is 8. The van der Waals surface area contributed by atoms with E-state index in [9.17, 15) is 14.9 Å². The molecule has 10 heteroatoms. The average Bonchev–Trinajstić information content (AvgIpc) is 3.31. The van der Waals surface area contributed by atoms with E-state index in [2.05, 4.69) is 25.8 Å². The van der Waals surface area contributed by atoms with Gasteiger partial charge in [-0.1, -0.05) is 16.6 Å². The molecule has 1 aromatic heterocycles. The Bertz CT molecular complexity index is 797. The summed E-state index contributed by atoms with van der Waals surface area (Å²) in [5.74, 6) is -0.267. The zero-order chi connectivity index (χ0) is 18.1. The Labute approximate surface area is 153 Å². The van der Waals surface area contributed by atoms with E-state index in [1.807, 2.05) is 29.6 Å². The number of carbonyl (C=O) groups excluding carboxylic acids is 1. The number of rotatable bonds is 4. The Morgan fingerprint density at radius 1 is 1.27 bits per heavy atom. The second-order valence-electron chi connectivity index (χ2n) is 6.65. The van der Waals surface area contributed by atoms with Crippen molar-refractivity contribution in [3.05, 3.63) is 39.8 Å². The number of nitrogens with one attached hydrogen (secondary N) is 3. The minimum Gasteiger partial charge on any atom is -0.325 e. The Morgan fingerprint density at radius 3 is 2.77 bits per heavy atom. The van der Waals surface area contributed by atoms with Crippen molar-refractivity contribution in [2.24, 2.45) is 5.92 Å². The van der Waals surface area contributed by atoms with Crippen LogP contribution in [-0.2, 0) is 4.79 Å². The summed E-state index contributed by atoms with van der Waals surface area (Å²) in [7, 11) is 0. The number of aromatic nitrogens is 2. The van der Waals surface area contributed by atoms with Crippen molar-refractivity contribution in [3.8, 4) is 11.3 Å². The van der Waals surface area contributed by atoms with Gasteiger partial charge in [0, 0.05) is 46.4 Å². The first-order valence-electron chi connectivity index (χ1n) is 8.45. The number of benzene rings is 1. The first kappa shape index (κ1) is 17.0. The van der Waals surface area contributed by atoms with Gasteiger partial charge in [0.15, 0.2) is 0 Å². The lowest BCUT2D eigenvalue weighted by Crippen LogP contribution is -2.44. The largest absolute Gasteiger partial charge is 0.325 e. The van der Waals surface area contributed by atoms with Crippen molar-refractivity contribution in [1.29, 1.82) is 0 Å². The van der Waals surface area contributed by atoms with Gasteiger partial charge >= 0.3 is 0 Å². The van der Waals surface area contributed by atoms with Crippen LogP contribution in [-0.4, -0.2) is 38.5 Å². The van der Waals surface area contributed by atoms with Crippen molar-refractivity contribution in [3.63, 3.8) is 0 Å². The number of nitrogens with zero attached hydrogens (tertiary/aromatic N) is 3. The standard InChI is InChI=1S/C16H18N6O3S/c23-16(15-12-7-11(22(24)25)5-6-13(12)18-20-15)17-10-3-1-9(2-4-10)14-8-26-21-19-14/h1-4,8,11-13,15,18,20H,5-7H2,(H,17,23). The highest BCUT2D eigenvalue weighted by Gasteiger charge is 2.46. The van der Waals surface area contributed by atoms with E-state index in [0.29, 0.717) is 24.9 Å². The molecular weight excluding hydrogens is 356 g/mol. The minimum absolute atomic E-state index is 0.0838. The monoisotopic (exact) mass is 374 g/mol. The third-order valence-corrected chi connectivity index (χ3v) is 5.62. The molecular formula is C16H18N6O3S. The van der Waals surface area contributed by atoms with E-state index < -0.39 is 12.1 Å². The lowest BCUT2D eigenvalue weighted by molar-refractivity contribution is -0.528. The highest BCUT2D eigenvalue weighted by molar-refractivity contribution is 7.03. The Kier molecular flexibility index (Phi) is 4.62. The molecule has 4 atom stereocenters. The molecule has 0 spiro atoms. The molecule has 4 rings (SSSR count). The molecule has 1 saturated carbocycles. The highest BCUT2D eigenvalue weighted by atomic mass is 32.1. The molecule has 2 fully saturated rings. The van der Waals surface area contributed by atoms with Crippen LogP contribution in [0.25, 0.3) is 11.3 Å². The fraction of sp³-hybridized carbons (Fsp3) is 0.438. The van der Waals surface area contributed by atoms with E-state index in [1.165, 1.54) is 11.5 Å². The quantitative estimate of drug-likeness (QED) is 0.547. The molecule has 2 aliphatic rings. The smallest absolute Gasteiger partial charge is 0.243 e. The third-order valence-electron chi connectivity index (χ3n) is 5.11. The molecule has 136 valence electrons. The van der Waals surface area contributed by atoms with Crippen LogP contribution in [0.4, 0.5) is 5.69 Å². The van der Waals surface area contributed by atoms with Crippen LogP contribution in [0.15, 0.2) is 29.6 Å². The Hall–Kier alpha value is -2.43. The summed E-state index contributed by atoms with van der Waals surface area (Å²) in [6.45, 7) is 0. The van der Waals surface area contributed by atoms with E-state index in [0.717, 1.165) is 11.3 Å². The second kappa shape index (κ2) is 7.06. The summed E-state index contributed by atoms with van der Waals surface area (Å²) < 4.78 is 3.84. The average molecular weight is 374 g/mol. The molecule has 1 aliphatic heterocycles. The zero-order valence-corrected chi connectivity index (χ0v) is 14.6. The van der Waals surface area contributed by atoms with Crippen molar-refractivity contribution in [2.45, 2.75) is 37.4 Å². The minimum atomic E-state index is -0.570. The molecule has 2 aromatic rings. The predicted octanol–water partition coefficient (Wildman–Crippen LogP) is 1.43. The normalized spacial score (nSPS) is 27.7. The summed E-state index contributed by atoms with van der Waals surface area (Å²) in [5.41, 5.74) is 8.53. The molecule has 0 radical (unpaired) electrons. The van der Waals surface area contributed by atoms with Crippen LogP contribution in [0.3, 0.4) is 0 Å². The number of nitro groups is 1. The first-order chi connectivity index (χ1) is 12.6. The summed E-state index contributed by atoms with van der Waals surface area (Å²) in [4.78, 5) is 23.5. The number of amides is 1. The van der Waals surface area contributed by atoms with E-state index in [4.69, 9.17) is 0 Å². The maximum atomic E-state index is 12.7. The van der Waals surface area contributed by atoms with Gasteiger partial charge in [-0.3, -0.25) is 20.3 Å². The van der Waals surface area contributed by atoms with Crippen molar-refractivity contribution < 1.29 is 9.72 Å². The van der Waals surface area contributed by atoms with Gasteiger partial charge in [0.25, 0.3) is 0 Å². The number of hydrazine groups is 1. The van der Waals surface area contributed by atoms with Gasteiger partial charge in [0.2, 0.25) is 11.9 Å². The molecule has 2 heterocycles. The van der Waals surface area contributed by atoms with Crippen LogP contribution in [0.2, 0.25) is 0 Å². The van der Waals surface area contributed by atoms with Crippen LogP contribution >= 0.6 is 11.5 Å². The third kappa shape index (κ3) is 3.30. The van der Waals surface area contributed by atoms with Gasteiger partial charge in [-0.15, -0.1) is 5.10 Å². The molecule has 4 unspecified atom stereocenters. The SMILES string of the molecule is O=C(Nc1ccc(-c2csnn2)cc1)C1NNC2CCC([N+](=O)[O-])CC21. The summed E-state index contributed by atoms with van der Waals surface area (Å²) in [6.07, 6.45) is 1.65. The first-order valence-corrected chi connectivity index (χ1v) is 9.28. The van der Waals surface area contributed by atoms with E-state index >= 15 is 0 Å². The number of anilines is 1. The molecule has 1 amide bonds. The van der Waals surface area contributed by atoms with Crippen LogP contribution in [0.5, 0.6) is 0 Å². The predicted molar refractivity (Wildman–Crippen MR) is 95.9 cm³/mol. The van der Waals surface area contributed by atoms with Gasteiger partial charge in [-0.2, -0.15) is 0 Å². The van der Waals surface area contributed by atoms with Gasteiger partial charge < -0.3 is 5.32 Å². The molecule has 26 heavy (non-hydrogen) atoms. The van der Waals surface area contributed by atoms with Crippen molar-refractivity contribution >= 4 is 23.1 Å². The molecule has 1 aromatic carbocycles. The Balaban J connectivity index is 1.42. The van der Waals surface area contributed by atoms with E-state index in [1.54, 1.807) is 0 Å². The van der Waals surface area contributed by atoms with Crippen molar-refractivity contribution in [1.82, 2.24) is 20.4 Å². The molecule has 1 aliphatic carbocycles. The second-order valence-corrected chi connectivity index (χ2v) is 7.26. The fourth-order valence-corrected chi connectivity index (χ4v) is 4.19. The Morgan fingerprint density at radius 2 is 2.08 bits per heavy atom. The number of carbonyl (C=O) groups is 1. The molecule has 1 saturated heterocycles. The van der Waals surface area contributed by atoms with E-state index in [-0.39, 0.29) is 22.8 Å². The molecule has 0 bridgehead atoms. The zero-order valence-electron chi connectivity index (χ0n) is 13.8. The number of hydrogen-bond donors (Lipinski definition) is 3. The molecule has 9 nitrogen and oxygen atoms in total. The lowest BCUT2D eigenvalue weighted by atomic mass is 9.79. The summed E-state index contributed by atoms with van der Waals surface area (Å²) in [6, 6.07) is 6.42. The fourth-order valence-electron chi connectivity index (χ4n) is 3.72.